The molecule has 0 aromatic carbocycles. The quantitative estimate of drug-likeness (QED) is 0.618. The Morgan fingerprint density at radius 1 is 1.42 bits per heavy atom. The van der Waals surface area contributed by atoms with Crippen LogP contribution >= 0.6 is 0 Å². The van der Waals surface area contributed by atoms with Crippen molar-refractivity contribution in [3.8, 4) is 0 Å². The Hall–Kier alpha value is -1.46. The van der Waals surface area contributed by atoms with Crippen molar-refractivity contribution in [2.24, 2.45) is 16.5 Å². The molecule has 0 aliphatic carbocycles. The van der Waals surface area contributed by atoms with E-state index in [0.717, 1.165) is 12.4 Å². The second kappa shape index (κ2) is 3.80. The molecule has 0 atom stereocenters. The fraction of sp³-hybridized carbons (Fsp3) is 0.167. The van der Waals surface area contributed by atoms with E-state index in [1.165, 1.54) is 0 Å². The van der Waals surface area contributed by atoms with Crippen LogP contribution in [0.4, 0.5) is 13.2 Å². The molecule has 0 radical (unpaired) electrons. The topological polar surface area (TPSA) is 64.4 Å². The van der Waals surface area contributed by atoms with Gasteiger partial charge in [-0.1, -0.05) is 6.58 Å². The summed E-state index contributed by atoms with van der Waals surface area (Å²) >= 11 is 0. The molecule has 0 saturated carbocycles. The summed E-state index contributed by atoms with van der Waals surface area (Å²) in [4.78, 5) is 2.95. The highest BCUT2D eigenvalue weighted by Crippen LogP contribution is 2.24. The molecule has 4 N–H and O–H groups in total. The molecule has 0 bridgehead atoms. The van der Waals surface area contributed by atoms with Crippen LogP contribution in [0.5, 0.6) is 0 Å². The van der Waals surface area contributed by atoms with Crippen LogP contribution in [0, 0.1) is 0 Å². The van der Waals surface area contributed by atoms with Crippen LogP contribution in [0.3, 0.4) is 0 Å². The first-order valence-corrected chi connectivity index (χ1v) is 2.85. The molecule has 0 aliphatic rings. The molecule has 6 heteroatoms. The lowest BCUT2D eigenvalue weighted by molar-refractivity contribution is -0.0918. The van der Waals surface area contributed by atoms with E-state index in [4.69, 9.17) is 11.5 Å². The smallest absolute Gasteiger partial charge is 0.403 e. The number of aliphatic imine (C=N–C) groups is 1. The van der Waals surface area contributed by atoms with E-state index < -0.39 is 11.9 Å². The molecular formula is C6H8F3N3. The summed E-state index contributed by atoms with van der Waals surface area (Å²) < 4.78 is 35.1. The average Bonchev–Trinajstić information content (AvgIpc) is 1.97. The maximum absolute atomic E-state index is 11.7. The molecule has 0 aliphatic heterocycles. The molecule has 0 aromatic rings. The van der Waals surface area contributed by atoms with Crippen molar-refractivity contribution in [1.82, 2.24) is 0 Å². The highest BCUT2D eigenvalue weighted by molar-refractivity contribution is 5.77. The molecule has 12 heavy (non-hydrogen) atoms. The minimum absolute atomic E-state index is 0.0552. The maximum atomic E-state index is 11.7. The van der Waals surface area contributed by atoms with Gasteiger partial charge in [-0.2, -0.15) is 13.2 Å². The minimum atomic E-state index is -4.52. The van der Waals surface area contributed by atoms with Crippen molar-refractivity contribution in [1.29, 1.82) is 0 Å². The predicted octanol–water partition coefficient (Wildman–Crippen LogP) is 0.892. The standard InChI is InChI=1S/C6H8F3N3/c1-4(6(7,8)9)12-3-5(11)2-10/h2-3H,1,10-11H2/b5-2+,12-3?. The number of nitrogens with two attached hydrogens (primary N) is 2. The fourth-order valence-corrected chi connectivity index (χ4v) is 0.269. The van der Waals surface area contributed by atoms with Crippen molar-refractivity contribution in [2.75, 3.05) is 0 Å². The van der Waals surface area contributed by atoms with Gasteiger partial charge in [0.2, 0.25) is 0 Å². The summed E-state index contributed by atoms with van der Waals surface area (Å²) in [6.45, 7) is 2.69. The Kier molecular flexibility index (Phi) is 3.33. The lowest BCUT2D eigenvalue weighted by Gasteiger charge is -2.03. The Morgan fingerprint density at radius 3 is 2.25 bits per heavy atom. The second-order valence-corrected chi connectivity index (χ2v) is 1.87. The van der Waals surface area contributed by atoms with Gasteiger partial charge >= 0.3 is 6.18 Å². The Bertz CT molecular complexity index is 227. The van der Waals surface area contributed by atoms with E-state index in [9.17, 15) is 13.2 Å². The van der Waals surface area contributed by atoms with Crippen LogP contribution < -0.4 is 11.5 Å². The van der Waals surface area contributed by atoms with Gasteiger partial charge in [0.1, 0.15) is 5.70 Å². The van der Waals surface area contributed by atoms with Gasteiger partial charge in [-0.25, -0.2) is 0 Å². The average molecular weight is 179 g/mol. The van der Waals surface area contributed by atoms with Crippen LogP contribution in [0.15, 0.2) is 29.2 Å². The van der Waals surface area contributed by atoms with Crippen LogP contribution in [0.1, 0.15) is 0 Å². The third kappa shape index (κ3) is 3.65. The van der Waals surface area contributed by atoms with Gasteiger partial charge in [-0.05, 0) is 0 Å². The molecule has 0 heterocycles. The largest absolute Gasteiger partial charge is 0.432 e. The van der Waals surface area contributed by atoms with E-state index >= 15 is 0 Å². The highest BCUT2D eigenvalue weighted by atomic mass is 19.4. The van der Waals surface area contributed by atoms with Crippen molar-refractivity contribution in [2.45, 2.75) is 6.18 Å². The van der Waals surface area contributed by atoms with E-state index in [-0.39, 0.29) is 5.70 Å². The SMILES string of the molecule is C=C(N=C/C(N)=C\N)C(F)(F)F. The number of alkyl halides is 3. The molecular weight excluding hydrogens is 171 g/mol. The van der Waals surface area contributed by atoms with Crippen molar-refractivity contribution < 1.29 is 13.2 Å². The number of allylic oxidation sites excluding steroid dienone is 2. The first-order chi connectivity index (χ1) is 5.38. The van der Waals surface area contributed by atoms with Crippen LogP contribution in [0.2, 0.25) is 0 Å². The van der Waals surface area contributed by atoms with Gasteiger partial charge < -0.3 is 11.5 Å². The van der Waals surface area contributed by atoms with Gasteiger partial charge in [0.15, 0.2) is 0 Å². The summed E-state index contributed by atoms with van der Waals surface area (Å²) in [6, 6.07) is 0. The molecule has 0 saturated heterocycles. The van der Waals surface area contributed by atoms with E-state index in [2.05, 4.69) is 11.6 Å². The van der Waals surface area contributed by atoms with Gasteiger partial charge in [-0.3, -0.25) is 4.99 Å². The highest BCUT2D eigenvalue weighted by Gasteiger charge is 2.31. The molecule has 0 spiro atoms. The normalized spacial score (nSPS) is 13.8. The first kappa shape index (κ1) is 10.5. The summed E-state index contributed by atoms with van der Waals surface area (Å²) in [5.41, 5.74) is 8.65. The zero-order chi connectivity index (χ0) is 9.78. The second-order valence-electron chi connectivity index (χ2n) is 1.87. The lowest BCUT2D eigenvalue weighted by Crippen LogP contribution is -2.10. The Labute approximate surface area is 67.3 Å². The van der Waals surface area contributed by atoms with E-state index in [0.29, 0.717) is 0 Å². The third-order valence-electron chi connectivity index (χ3n) is 0.889. The number of rotatable bonds is 2. The van der Waals surface area contributed by atoms with E-state index in [1.54, 1.807) is 0 Å². The molecule has 0 rings (SSSR count). The molecule has 68 valence electrons. The number of nitrogens with zero attached hydrogens (tertiary/aromatic N) is 1. The van der Waals surface area contributed by atoms with Crippen LogP contribution in [0.25, 0.3) is 0 Å². The van der Waals surface area contributed by atoms with Crippen molar-refractivity contribution >= 4 is 6.21 Å². The van der Waals surface area contributed by atoms with Gasteiger partial charge in [0, 0.05) is 6.20 Å². The van der Waals surface area contributed by atoms with Crippen molar-refractivity contribution in [3.63, 3.8) is 0 Å². The summed E-state index contributed by atoms with van der Waals surface area (Å²) in [7, 11) is 0. The molecule has 0 aromatic heterocycles. The number of halogens is 3. The third-order valence-corrected chi connectivity index (χ3v) is 0.889. The Morgan fingerprint density at radius 2 is 1.92 bits per heavy atom. The number of hydrogen-bond donors (Lipinski definition) is 2. The summed E-state index contributed by atoms with van der Waals surface area (Å²) in [5, 5.41) is 0. The summed E-state index contributed by atoms with van der Waals surface area (Å²) in [5.74, 6) is 0. The monoisotopic (exact) mass is 179 g/mol. The maximum Gasteiger partial charge on any atom is 0.432 e. The minimum Gasteiger partial charge on any atom is -0.403 e. The summed E-state index contributed by atoms with van der Waals surface area (Å²) in [6.07, 6.45) is -2.80. The van der Waals surface area contributed by atoms with Gasteiger partial charge in [-0.15, -0.1) is 0 Å². The van der Waals surface area contributed by atoms with Crippen LogP contribution in [-0.2, 0) is 0 Å². The van der Waals surface area contributed by atoms with Gasteiger partial charge in [0.05, 0.1) is 11.9 Å². The fourth-order valence-electron chi connectivity index (χ4n) is 0.269. The Balaban J connectivity index is 4.29. The first-order valence-electron chi connectivity index (χ1n) is 2.85. The van der Waals surface area contributed by atoms with Gasteiger partial charge in [0.25, 0.3) is 0 Å². The molecule has 0 amide bonds. The van der Waals surface area contributed by atoms with Crippen molar-refractivity contribution in [3.05, 3.63) is 24.2 Å². The number of hydrogen-bond acceptors (Lipinski definition) is 3. The predicted molar refractivity (Wildman–Crippen MR) is 40.1 cm³/mol. The van der Waals surface area contributed by atoms with Crippen LogP contribution in [-0.4, -0.2) is 12.4 Å². The zero-order valence-corrected chi connectivity index (χ0v) is 6.10. The zero-order valence-electron chi connectivity index (χ0n) is 6.10. The van der Waals surface area contributed by atoms with E-state index in [1.807, 2.05) is 0 Å². The molecule has 3 nitrogen and oxygen atoms in total. The molecule has 0 fully saturated rings. The molecule has 0 unspecified atom stereocenters. The lowest BCUT2D eigenvalue weighted by atomic mass is 10.5.